The molecule has 0 fully saturated rings. The first-order valence-electron chi connectivity index (χ1n) is 6.04. The van der Waals surface area contributed by atoms with Crippen LogP contribution in [0.5, 0.6) is 0 Å². The highest BCUT2D eigenvalue weighted by atomic mass is 14.8. The lowest BCUT2D eigenvalue weighted by Gasteiger charge is -2.13. The Bertz CT molecular complexity index is 344. The van der Waals surface area contributed by atoms with Crippen LogP contribution in [0.2, 0.25) is 0 Å². The molecule has 16 heavy (non-hydrogen) atoms. The molecule has 0 saturated carbocycles. The second-order valence-corrected chi connectivity index (χ2v) is 4.82. The summed E-state index contributed by atoms with van der Waals surface area (Å²) in [5.41, 5.74) is 4.07. The topological polar surface area (TPSA) is 12.0 Å². The van der Waals surface area contributed by atoms with Crippen LogP contribution in [0.25, 0.3) is 5.57 Å². The number of allylic oxidation sites excluding steroid dienone is 1. The lowest BCUT2D eigenvalue weighted by atomic mass is 9.93. The van der Waals surface area contributed by atoms with E-state index < -0.39 is 0 Å². The van der Waals surface area contributed by atoms with Crippen molar-refractivity contribution in [3.63, 3.8) is 0 Å². The molecule has 1 nitrogen and oxygen atoms in total. The van der Waals surface area contributed by atoms with Crippen LogP contribution < -0.4 is 5.32 Å². The Labute approximate surface area is 99.6 Å². The number of benzene rings is 1. The molecule has 0 heterocycles. The van der Waals surface area contributed by atoms with Crippen molar-refractivity contribution in [1.82, 2.24) is 5.32 Å². The van der Waals surface area contributed by atoms with Gasteiger partial charge in [-0.15, -0.1) is 0 Å². The minimum atomic E-state index is 0.539. The van der Waals surface area contributed by atoms with Crippen molar-refractivity contribution >= 4 is 5.57 Å². The van der Waals surface area contributed by atoms with E-state index >= 15 is 0 Å². The Morgan fingerprint density at radius 2 is 1.62 bits per heavy atom. The molecule has 0 aliphatic rings. The standard InChI is InChI=1S/C15H23N/c1-11(2)13-6-8-14(9-7-13)15(10-16-5)12(3)4/h6-12,16H,1-5H3/b15-10-. The average Bonchev–Trinajstić information content (AvgIpc) is 2.25. The van der Waals surface area contributed by atoms with Gasteiger partial charge in [-0.25, -0.2) is 0 Å². The van der Waals surface area contributed by atoms with Gasteiger partial charge in [-0.2, -0.15) is 0 Å². The summed E-state index contributed by atoms with van der Waals surface area (Å²) in [6, 6.07) is 8.90. The maximum absolute atomic E-state index is 3.12. The van der Waals surface area contributed by atoms with Crippen molar-refractivity contribution in [1.29, 1.82) is 0 Å². The summed E-state index contributed by atoms with van der Waals surface area (Å²) < 4.78 is 0. The molecule has 0 amide bonds. The number of nitrogens with one attached hydrogen (secondary N) is 1. The van der Waals surface area contributed by atoms with Gasteiger partial charge in [0.25, 0.3) is 0 Å². The van der Waals surface area contributed by atoms with Gasteiger partial charge in [0.2, 0.25) is 0 Å². The molecular weight excluding hydrogens is 194 g/mol. The Balaban J connectivity index is 2.99. The molecule has 0 saturated heterocycles. The average molecular weight is 217 g/mol. The van der Waals surface area contributed by atoms with Crippen molar-refractivity contribution < 1.29 is 0 Å². The first-order valence-corrected chi connectivity index (χ1v) is 6.04. The number of hydrogen-bond donors (Lipinski definition) is 1. The van der Waals surface area contributed by atoms with Gasteiger partial charge < -0.3 is 5.32 Å². The zero-order chi connectivity index (χ0) is 12.1. The Hall–Kier alpha value is -1.24. The summed E-state index contributed by atoms with van der Waals surface area (Å²) in [6.45, 7) is 8.89. The fraction of sp³-hybridized carbons (Fsp3) is 0.467. The highest BCUT2D eigenvalue weighted by Gasteiger charge is 2.06. The third-order valence-electron chi connectivity index (χ3n) is 2.83. The summed E-state index contributed by atoms with van der Waals surface area (Å²) in [5, 5.41) is 3.12. The van der Waals surface area contributed by atoms with Crippen LogP contribution in [0, 0.1) is 5.92 Å². The quantitative estimate of drug-likeness (QED) is 0.803. The van der Waals surface area contributed by atoms with Crippen LogP contribution in [-0.4, -0.2) is 7.05 Å². The lowest BCUT2D eigenvalue weighted by molar-refractivity contribution is 0.843. The van der Waals surface area contributed by atoms with Crippen LogP contribution in [0.1, 0.15) is 44.7 Å². The maximum Gasteiger partial charge on any atom is 0.00278 e. The third kappa shape index (κ3) is 3.13. The molecular formula is C15H23N. The van der Waals surface area contributed by atoms with Gasteiger partial charge in [0.1, 0.15) is 0 Å². The molecule has 0 bridgehead atoms. The van der Waals surface area contributed by atoms with Gasteiger partial charge in [0, 0.05) is 13.2 Å². The Kier molecular flexibility index (Phi) is 4.60. The molecule has 0 aromatic heterocycles. The van der Waals surface area contributed by atoms with E-state index in [-0.39, 0.29) is 0 Å². The molecule has 88 valence electrons. The highest BCUT2D eigenvalue weighted by molar-refractivity contribution is 5.66. The Morgan fingerprint density at radius 1 is 1.06 bits per heavy atom. The molecule has 0 aliphatic heterocycles. The van der Waals surface area contributed by atoms with E-state index in [2.05, 4.69) is 63.5 Å². The summed E-state index contributed by atoms with van der Waals surface area (Å²) in [4.78, 5) is 0. The lowest BCUT2D eigenvalue weighted by Crippen LogP contribution is -2.01. The SMILES string of the molecule is CN/C=C(\c1ccc(C(C)C)cc1)C(C)C. The van der Waals surface area contributed by atoms with Crippen molar-refractivity contribution in [3.05, 3.63) is 41.6 Å². The molecule has 1 heteroatoms. The van der Waals surface area contributed by atoms with Gasteiger partial charge in [-0.3, -0.25) is 0 Å². The van der Waals surface area contributed by atoms with Crippen LogP contribution in [0.15, 0.2) is 30.5 Å². The first-order chi connectivity index (χ1) is 7.56. The molecule has 0 spiro atoms. The summed E-state index contributed by atoms with van der Waals surface area (Å²) in [6.07, 6.45) is 2.09. The van der Waals surface area contributed by atoms with E-state index in [4.69, 9.17) is 0 Å². The van der Waals surface area contributed by atoms with E-state index in [0.29, 0.717) is 11.8 Å². The predicted molar refractivity (Wildman–Crippen MR) is 72.4 cm³/mol. The maximum atomic E-state index is 3.12. The van der Waals surface area contributed by atoms with E-state index in [1.807, 2.05) is 7.05 Å². The van der Waals surface area contributed by atoms with Crippen molar-refractivity contribution in [3.8, 4) is 0 Å². The van der Waals surface area contributed by atoms with E-state index in [0.717, 1.165) is 0 Å². The van der Waals surface area contributed by atoms with Crippen LogP contribution in [-0.2, 0) is 0 Å². The highest BCUT2D eigenvalue weighted by Crippen LogP contribution is 2.24. The fourth-order valence-corrected chi connectivity index (χ4v) is 1.80. The number of hydrogen-bond acceptors (Lipinski definition) is 1. The largest absolute Gasteiger partial charge is 0.394 e. The van der Waals surface area contributed by atoms with Crippen molar-refractivity contribution in [2.24, 2.45) is 5.92 Å². The van der Waals surface area contributed by atoms with Crippen molar-refractivity contribution in [2.75, 3.05) is 7.05 Å². The zero-order valence-corrected chi connectivity index (χ0v) is 11.0. The van der Waals surface area contributed by atoms with Crippen molar-refractivity contribution in [2.45, 2.75) is 33.6 Å². The third-order valence-corrected chi connectivity index (χ3v) is 2.83. The van der Waals surface area contributed by atoms with Crippen LogP contribution >= 0.6 is 0 Å². The second kappa shape index (κ2) is 5.74. The fourth-order valence-electron chi connectivity index (χ4n) is 1.80. The van der Waals surface area contributed by atoms with Gasteiger partial charge in [-0.05, 0) is 28.5 Å². The summed E-state index contributed by atoms with van der Waals surface area (Å²) in [7, 11) is 1.95. The minimum Gasteiger partial charge on any atom is -0.394 e. The van der Waals surface area contributed by atoms with E-state index in [9.17, 15) is 0 Å². The monoisotopic (exact) mass is 217 g/mol. The Morgan fingerprint density at radius 3 is 2.00 bits per heavy atom. The molecule has 1 aromatic carbocycles. The number of rotatable bonds is 4. The smallest absolute Gasteiger partial charge is 0.00278 e. The van der Waals surface area contributed by atoms with E-state index in [1.54, 1.807) is 0 Å². The molecule has 1 N–H and O–H groups in total. The molecule has 1 rings (SSSR count). The van der Waals surface area contributed by atoms with E-state index in [1.165, 1.54) is 16.7 Å². The molecule has 0 aliphatic carbocycles. The van der Waals surface area contributed by atoms with Crippen LogP contribution in [0.4, 0.5) is 0 Å². The van der Waals surface area contributed by atoms with Gasteiger partial charge in [-0.1, -0.05) is 52.0 Å². The first kappa shape index (κ1) is 12.8. The summed E-state index contributed by atoms with van der Waals surface area (Å²) in [5.74, 6) is 1.14. The predicted octanol–water partition coefficient (Wildman–Crippen LogP) is 4.03. The van der Waals surface area contributed by atoms with Gasteiger partial charge in [0.15, 0.2) is 0 Å². The second-order valence-electron chi connectivity index (χ2n) is 4.82. The van der Waals surface area contributed by atoms with Gasteiger partial charge in [0.05, 0.1) is 0 Å². The normalized spacial score (nSPS) is 12.3. The van der Waals surface area contributed by atoms with Gasteiger partial charge >= 0.3 is 0 Å². The minimum absolute atomic E-state index is 0.539. The molecule has 1 aromatic rings. The summed E-state index contributed by atoms with van der Waals surface area (Å²) >= 11 is 0. The molecule has 0 unspecified atom stereocenters. The zero-order valence-electron chi connectivity index (χ0n) is 11.0. The van der Waals surface area contributed by atoms with Crippen LogP contribution in [0.3, 0.4) is 0 Å². The molecule has 0 atom stereocenters. The molecule has 0 radical (unpaired) electrons.